The van der Waals surface area contributed by atoms with Crippen molar-refractivity contribution in [2.75, 3.05) is 52.1 Å². The molecule has 0 spiro atoms. The quantitative estimate of drug-likeness (QED) is 0.175. The fraction of sp³-hybridized carbons (Fsp3) is 0.526. The SMILES string of the molecule is COc1c(NC(=O)CNC(C)(C)C)cc(N(C)C)c2c1C(=O)C1=C(OC(C)=O)[C@]3(OC(C)=O)C(=O)C(C(=O)NC(C)=O)=C(OC(C)=O)[C@@H](N(C)C)[C@@H]3C[C@@H]1C2. The van der Waals surface area contributed by atoms with Crippen molar-refractivity contribution in [3.63, 3.8) is 0 Å². The van der Waals surface area contributed by atoms with Crippen LogP contribution in [0.3, 0.4) is 0 Å². The van der Waals surface area contributed by atoms with Crippen molar-refractivity contribution >= 4 is 58.6 Å². The molecule has 0 fully saturated rings. The number of likely N-dealkylation sites (N-methyl/N-ethyl adjacent to an activating group) is 1. The van der Waals surface area contributed by atoms with Gasteiger partial charge in [0.2, 0.25) is 23.2 Å². The Morgan fingerprint density at radius 1 is 0.927 bits per heavy atom. The van der Waals surface area contributed by atoms with E-state index < -0.39 is 87.8 Å². The molecule has 0 aromatic heterocycles. The van der Waals surface area contributed by atoms with Gasteiger partial charge in [-0.25, -0.2) is 0 Å². The summed E-state index contributed by atoms with van der Waals surface area (Å²) >= 11 is 0. The lowest BCUT2D eigenvalue weighted by atomic mass is 9.58. The van der Waals surface area contributed by atoms with Gasteiger partial charge in [0.25, 0.3) is 5.91 Å². The third-order valence-corrected chi connectivity index (χ3v) is 9.41. The molecule has 3 aliphatic carbocycles. The van der Waals surface area contributed by atoms with Crippen molar-refractivity contribution in [3.05, 3.63) is 39.9 Å². The molecule has 0 heterocycles. The van der Waals surface area contributed by atoms with E-state index in [1.165, 1.54) is 12.0 Å². The number of Topliss-reactive ketones (excluding diaryl/α,β-unsaturated/α-hetero) is 2. The summed E-state index contributed by atoms with van der Waals surface area (Å²) in [4.78, 5) is 111. The van der Waals surface area contributed by atoms with E-state index in [1.54, 1.807) is 39.2 Å². The Morgan fingerprint density at radius 2 is 1.55 bits per heavy atom. The van der Waals surface area contributed by atoms with Gasteiger partial charge in [0.15, 0.2) is 17.3 Å². The lowest BCUT2D eigenvalue weighted by Crippen LogP contribution is -2.66. The number of nitrogens with one attached hydrogen (secondary N) is 3. The number of benzene rings is 1. The molecule has 4 atom stereocenters. The smallest absolute Gasteiger partial charge is 0.307 e. The summed E-state index contributed by atoms with van der Waals surface area (Å²) < 4.78 is 23.1. The van der Waals surface area contributed by atoms with E-state index in [0.717, 1.165) is 27.7 Å². The molecule has 298 valence electrons. The van der Waals surface area contributed by atoms with E-state index in [9.17, 15) is 28.8 Å². The van der Waals surface area contributed by atoms with Crippen LogP contribution in [0.1, 0.15) is 70.8 Å². The number of anilines is 2. The molecule has 3 amide bonds. The van der Waals surface area contributed by atoms with E-state index in [-0.39, 0.29) is 47.5 Å². The molecule has 55 heavy (non-hydrogen) atoms. The lowest BCUT2D eigenvalue weighted by molar-refractivity contribution is -0.181. The molecule has 3 aliphatic rings. The highest BCUT2D eigenvalue weighted by Crippen LogP contribution is 2.56. The second kappa shape index (κ2) is 15.7. The Balaban J connectivity index is 2.13. The van der Waals surface area contributed by atoms with Crippen LogP contribution in [-0.4, -0.2) is 111 Å². The number of methoxy groups -OCH3 is 1. The summed E-state index contributed by atoms with van der Waals surface area (Å²) in [5.41, 5.74) is -2.84. The first-order valence-corrected chi connectivity index (χ1v) is 17.6. The van der Waals surface area contributed by atoms with Crippen molar-refractivity contribution in [3.8, 4) is 5.75 Å². The monoisotopic (exact) mass is 767 g/mol. The minimum atomic E-state index is -2.65. The van der Waals surface area contributed by atoms with Gasteiger partial charge in [-0.05, 0) is 65.3 Å². The number of allylic oxidation sites excluding steroid dienone is 1. The van der Waals surface area contributed by atoms with E-state index in [1.807, 2.05) is 26.1 Å². The Morgan fingerprint density at radius 3 is 2.04 bits per heavy atom. The average Bonchev–Trinajstić information content (AvgIpc) is 3.03. The van der Waals surface area contributed by atoms with Crippen LogP contribution in [0.15, 0.2) is 28.7 Å². The Labute approximate surface area is 319 Å². The molecule has 17 heteroatoms. The zero-order chi connectivity index (χ0) is 41.5. The first-order valence-electron chi connectivity index (χ1n) is 17.6. The second-order valence-electron chi connectivity index (χ2n) is 15.2. The number of ketones is 2. The van der Waals surface area contributed by atoms with Gasteiger partial charge in [-0.15, -0.1) is 0 Å². The van der Waals surface area contributed by atoms with E-state index in [0.29, 0.717) is 11.3 Å². The van der Waals surface area contributed by atoms with Crippen LogP contribution in [0.5, 0.6) is 5.75 Å². The van der Waals surface area contributed by atoms with Crippen LogP contribution in [0.2, 0.25) is 0 Å². The number of nitrogens with zero attached hydrogens (tertiary/aromatic N) is 2. The third kappa shape index (κ3) is 8.17. The maximum atomic E-state index is 15.1. The van der Waals surface area contributed by atoms with E-state index in [4.69, 9.17) is 18.9 Å². The summed E-state index contributed by atoms with van der Waals surface area (Å²) in [6, 6.07) is 0.487. The molecular weight excluding hydrogens is 718 g/mol. The van der Waals surface area contributed by atoms with Gasteiger partial charge in [-0.3, -0.25) is 48.6 Å². The predicted molar refractivity (Wildman–Crippen MR) is 197 cm³/mol. The summed E-state index contributed by atoms with van der Waals surface area (Å²) in [7, 11) is 7.97. The van der Waals surface area contributed by atoms with Gasteiger partial charge >= 0.3 is 17.9 Å². The largest absolute Gasteiger partial charge is 0.494 e. The number of ether oxygens (including phenoxy) is 4. The number of fused-ring (bicyclic) bond motifs is 3. The molecule has 3 N–H and O–H groups in total. The molecule has 1 aromatic carbocycles. The van der Waals surface area contributed by atoms with Gasteiger partial charge in [-0.1, -0.05) is 0 Å². The number of carbonyl (C=O) groups is 8. The van der Waals surface area contributed by atoms with Crippen molar-refractivity contribution < 1.29 is 57.3 Å². The number of rotatable bonds is 10. The topological polar surface area (TPSA) is 216 Å². The molecule has 17 nitrogen and oxygen atoms in total. The number of carbonyl (C=O) groups excluding carboxylic acids is 8. The molecule has 0 unspecified atom stereocenters. The summed E-state index contributed by atoms with van der Waals surface area (Å²) in [6.45, 7) is 9.74. The van der Waals surface area contributed by atoms with Gasteiger partial charge in [0, 0.05) is 64.5 Å². The molecule has 4 rings (SSSR count). The van der Waals surface area contributed by atoms with Crippen LogP contribution in [0.25, 0.3) is 0 Å². The molecule has 0 saturated carbocycles. The highest BCUT2D eigenvalue weighted by Gasteiger charge is 2.68. The standard InChI is InChI=1S/C38H49N5O12/c1-17(44)40-36(51)29-33(53-18(2)45)30(43(10)11)23-14-21-13-22-25(42(8)9)15-24(41-26(48)16-39-37(5,6)7)32(52-12)28(22)31(49)27(21)35(54-19(3)46)38(23,34(29)50)55-20(4)47/h15,21,23,30,39H,13-14,16H2,1-12H3,(H,41,48)(H,40,44,51)/t21-,23-,30-,38+/m0/s1. The number of hydrogen-bond donors (Lipinski definition) is 3. The van der Waals surface area contributed by atoms with Gasteiger partial charge in [0.05, 0.1) is 30.9 Å². The highest BCUT2D eigenvalue weighted by atomic mass is 16.6. The van der Waals surface area contributed by atoms with Crippen molar-refractivity contribution in [2.45, 2.75) is 78.5 Å². The first-order chi connectivity index (χ1) is 25.5. The van der Waals surface area contributed by atoms with Crippen molar-refractivity contribution in [1.82, 2.24) is 15.5 Å². The molecular formula is C38H49N5O12. The molecule has 0 radical (unpaired) electrons. The second-order valence-corrected chi connectivity index (χ2v) is 15.2. The molecule has 0 aliphatic heterocycles. The number of amides is 3. The van der Waals surface area contributed by atoms with Crippen molar-refractivity contribution in [2.24, 2.45) is 11.8 Å². The van der Waals surface area contributed by atoms with Crippen LogP contribution in [0.4, 0.5) is 11.4 Å². The minimum absolute atomic E-state index is 0.00165. The maximum absolute atomic E-state index is 15.1. The van der Waals surface area contributed by atoms with Crippen LogP contribution in [-0.2, 0) is 54.2 Å². The van der Waals surface area contributed by atoms with Crippen LogP contribution >= 0.6 is 0 Å². The zero-order valence-electron chi connectivity index (χ0n) is 33.2. The third-order valence-electron chi connectivity index (χ3n) is 9.41. The zero-order valence-corrected chi connectivity index (χ0v) is 33.2. The van der Waals surface area contributed by atoms with Gasteiger partial charge < -0.3 is 34.5 Å². The number of hydrogen-bond acceptors (Lipinski definition) is 15. The maximum Gasteiger partial charge on any atom is 0.307 e. The Kier molecular flexibility index (Phi) is 12.1. The normalized spacial score (nSPS) is 21.9. The van der Waals surface area contributed by atoms with Gasteiger partial charge in [0.1, 0.15) is 11.3 Å². The first kappa shape index (κ1) is 42.3. The summed E-state index contributed by atoms with van der Waals surface area (Å²) in [6.07, 6.45) is 0.0157. The molecule has 0 saturated heterocycles. The minimum Gasteiger partial charge on any atom is -0.494 e. The summed E-state index contributed by atoms with van der Waals surface area (Å²) in [5, 5.41) is 7.94. The summed E-state index contributed by atoms with van der Waals surface area (Å²) in [5.74, 6) is -10.6. The molecule has 1 aromatic rings. The lowest BCUT2D eigenvalue weighted by Gasteiger charge is -2.52. The predicted octanol–water partition coefficient (Wildman–Crippen LogP) is 1.57. The Hall–Kier alpha value is -5.42. The van der Waals surface area contributed by atoms with Crippen LogP contribution < -0.4 is 25.6 Å². The fourth-order valence-corrected chi connectivity index (χ4v) is 7.60. The highest BCUT2D eigenvalue weighted by molar-refractivity contribution is 6.28. The average molecular weight is 768 g/mol. The van der Waals surface area contributed by atoms with E-state index in [2.05, 4.69) is 10.6 Å². The van der Waals surface area contributed by atoms with E-state index >= 15 is 9.59 Å². The number of esters is 3. The number of imide groups is 1. The fourth-order valence-electron chi connectivity index (χ4n) is 7.60. The Bertz CT molecular complexity index is 1940. The molecule has 0 bridgehead atoms. The van der Waals surface area contributed by atoms with Crippen LogP contribution in [0, 0.1) is 11.8 Å². The van der Waals surface area contributed by atoms with Crippen molar-refractivity contribution in [1.29, 1.82) is 0 Å². The van der Waals surface area contributed by atoms with Gasteiger partial charge in [-0.2, -0.15) is 0 Å².